The van der Waals surface area contributed by atoms with Crippen LogP contribution in [-0.2, 0) is 10.2 Å². The van der Waals surface area contributed by atoms with Crippen molar-refractivity contribution in [2.24, 2.45) is 0 Å². The van der Waals surface area contributed by atoms with Crippen molar-refractivity contribution in [1.29, 1.82) is 0 Å². The molecule has 1 aromatic rings. The first-order valence-corrected chi connectivity index (χ1v) is 7.28. The minimum atomic E-state index is -0.171. The molecule has 6 heteroatoms. The predicted molar refractivity (Wildman–Crippen MR) is 76.7 cm³/mol. The topological polar surface area (TPSA) is 62.5 Å². The maximum absolute atomic E-state index is 12.2. The highest BCUT2D eigenvalue weighted by Gasteiger charge is 2.27. The highest BCUT2D eigenvalue weighted by Crippen LogP contribution is 2.23. The summed E-state index contributed by atoms with van der Waals surface area (Å²) in [7, 11) is 0. The van der Waals surface area contributed by atoms with E-state index in [-0.39, 0.29) is 11.3 Å². The van der Waals surface area contributed by atoms with Gasteiger partial charge >= 0.3 is 0 Å². The molecule has 1 saturated heterocycles. The summed E-state index contributed by atoms with van der Waals surface area (Å²) in [5.41, 5.74) is -0.171. The quantitative estimate of drug-likeness (QED) is 0.845. The summed E-state index contributed by atoms with van der Waals surface area (Å²) >= 11 is 0. The number of hydrogen-bond donors (Lipinski definition) is 0. The Morgan fingerprint density at radius 2 is 2.05 bits per heavy atom. The van der Waals surface area contributed by atoms with Crippen LogP contribution in [0.1, 0.15) is 46.4 Å². The van der Waals surface area contributed by atoms with Crippen LogP contribution in [0.3, 0.4) is 0 Å². The molecule has 0 spiro atoms. The molecule has 2 rings (SSSR count). The second-order valence-electron chi connectivity index (χ2n) is 6.31. The van der Waals surface area contributed by atoms with Crippen molar-refractivity contribution in [3.8, 4) is 0 Å². The number of aromatic nitrogens is 2. The lowest BCUT2D eigenvalue weighted by Gasteiger charge is -2.20. The molecule has 2 heterocycles. The van der Waals surface area contributed by atoms with E-state index in [1.807, 2.05) is 30.6 Å². The molecule has 0 bridgehead atoms. The van der Waals surface area contributed by atoms with Crippen molar-refractivity contribution in [1.82, 2.24) is 15.0 Å². The van der Waals surface area contributed by atoms with Gasteiger partial charge < -0.3 is 14.3 Å². The minimum Gasteiger partial charge on any atom is -0.341 e. The van der Waals surface area contributed by atoms with Crippen LogP contribution in [0.2, 0.25) is 0 Å². The maximum Gasteiger partial charge on any atom is 0.266 e. The van der Waals surface area contributed by atoms with Crippen molar-refractivity contribution in [2.75, 3.05) is 31.1 Å². The third-order valence-corrected chi connectivity index (χ3v) is 3.37. The van der Waals surface area contributed by atoms with E-state index in [1.165, 1.54) is 0 Å². The van der Waals surface area contributed by atoms with Crippen molar-refractivity contribution in [3.63, 3.8) is 0 Å². The molecule has 0 aliphatic carbocycles. The van der Waals surface area contributed by atoms with Crippen LogP contribution in [0.5, 0.6) is 0 Å². The molecule has 0 aromatic carbocycles. The zero-order valence-electron chi connectivity index (χ0n) is 12.8. The molecule has 112 valence electrons. The molecule has 1 fully saturated rings. The smallest absolute Gasteiger partial charge is 0.266 e. The number of carbonyl (C=O) groups is 1. The Morgan fingerprint density at radius 1 is 1.30 bits per heavy atom. The first-order chi connectivity index (χ1) is 9.41. The van der Waals surface area contributed by atoms with Gasteiger partial charge in [-0.2, -0.15) is 4.98 Å². The Balaban J connectivity index is 2.09. The summed E-state index contributed by atoms with van der Waals surface area (Å²) in [5.74, 6) is 1.28. The Kier molecular flexibility index (Phi) is 4.30. The van der Waals surface area contributed by atoms with Crippen LogP contribution in [-0.4, -0.2) is 47.1 Å². The zero-order chi connectivity index (χ0) is 14.8. The molecule has 0 atom stereocenters. The second kappa shape index (κ2) is 5.81. The summed E-state index contributed by atoms with van der Waals surface area (Å²) in [5, 5.41) is 4.02. The third-order valence-electron chi connectivity index (χ3n) is 3.37. The Bertz CT molecular complexity index is 464. The third kappa shape index (κ3) is 3.29. The van der Waals surface area contributed by atoms with E-state index in [2.05, 4.69) is 17.1 Å². The van der Waals surface area contributed by atoms with Gasteiger partial charge in [0.05, 0.1) is 0 Å². The lowest BCUT2D eigenvalue weighted by atomic mass is 9.97. The highest BCUT2D eigenvalue weighted by molar-refractivity contribution is 5.81. The average Bonchev–Trinajstić information content (AvgIpc) is 2.79. The molecule has 1 aliphatic rings. The number of anilines is 1. The summed E-state index contributed by atoms with van der Waals surface area (Å²) < 4.78 is 5.31. The van der Waals surface area contributed by atoms with Gasteiger partial charge in [-0.25, -0.2) is 0 Å². The van der Waals surface area contributed by atoms with E-state index >= 15 is 0 Å². The highest BCUT2D eigenvalue weighted by atomic mass is 16.5. The molecule has 1 amide bonds. The molecular formula is C14H24N4O2. The molecule has 1 aliphatic heterocycles. The van der Waals surface area contributed by atoms with Gasteiger partial charge in [0.15, 0.2) is 0 Å². The van der Waals surface area contributed by atoms with Crippen molar-refractivity contribution >= 4 is 11.9 Å². The van der Waals surface area contributed by atoms with Crippen molar-refractivity contribution < 1.29 is 9.32 Å². The van der Waals surface area contributed by atoms with E-state index in [4.69, 9.17) is 4.52 Å². The van der Waals surface area contributed by atoms with Gasteiger partial charge in [-0.3, -0.25) is 4.79 Å². The number of rotatable bonds is 3. The van der Waals surface area contributed by atoms with E-state index < -0.39 is 0 Å². The van der Waals surface area contributed by atoms with Crippen LogP contribution in [0.4, 0.5) is 5.95 Å². The molecule has 0 unspecified atom stereocenters. The first-order valence-electron chi connectivity index (χ1n) is 7.28. The summed E-state index contributed by atoms with van der Waals surface area (Å²) in [6, 6.07) is 0. The second-order valence-corrected chi connectivity index (χ2v) is 6.31. The average molecular weight is 280 g/mol. The molecule has 0 saturated carbocycles. The number of hydrogen-bond acceptors (Lipinski definition) is 5. The van der Waals surface area contributed by atoms with Crippen LogP contribution in [0, 0.1) is 0 Å². The van der Waals surface area contributed by atoms with E-state index in [9.17, 15) is 4.79 Å². The van der Waals surface area contributed by atoms with Gasteiger partial charge in [-0.1, -0.05) is 27.7 Å². The monoisotopic (exact) mass is 280 g/mol. The molecule has 20 heavy (non-hydrogen) atoms. The predicted octanol–water partition coefficient (Wildman–Crippen LogP) is 1.82. The van der Waals surface area contributed by atoms with Gasteiger partial charge in [-0.15, -0.1) is 0 Å². The van der Waals surface area contributed by atoms with Gasteiger partial charge in [0.1, 0.15) is 6.54 Å². The Morgan fingerprint density at radius 3 is 2.65 bits per heavy atom. The minimum absolute atomic E-state index is 0.145. The summed E-state index contributed by atoms with van der Waals surface area (Å²) in [6.45, 7) is 10.9. The number of nitrogens with zero attached hydrogens (tertiary/aromatic N) is 4. The standard InChI is InChI=1S/C14H24N4O2/c1-5-7-17-8-6-9-18(10-11(17)19)13-15-12(20-16-13)14(2,3)4/h5-10H2,1-4H3. The van der Waals surface area contributed by atoms with E-state index in [0.29, 0.717) is 18.4 Å². The summed E-state index contributed by atoms with van der Waals surface area (Å²) in [4.78, 5) is 20.5. The fourth-order valence-electron chi connectivity index (χ4n) is 2.25. The lowest BCUT2D eigenvalue weighted by Crippen LogP contribution is -2.37. The van der Waals surface area contributed by atoms with E-state index in [0.717, 1.165) is 32.5 Å². The molecule has 0 radical (unpaired) electrons. The Labute approximate surface area is 120 Å². The van der Waals surface area contributed by atoms with Crippen LogP contribution < -0.4 is 4.90 Å². The van der Waals surface area contributed by atoms with Crippen LogP contribution in [0.15, 0.2) is 4.52 Å². The van der Waals surface area contributed by atoms with Crippen molar-refractivity contribution in [3.05, 3.63) is 5.89 Å². The lowest BCUT2D eigenvalue weighted by molar-refractivity contribution is -0.129. The normalized spacial score (nSPS) is 17.5. The zero-order valence-corrected chi connectivity index (χ0v) is 12.8. The molecule has 6 nitrogen and oxygen atoms in total. The van der Waals surface area contributed by atoms with Crippen LogP contribution in [0.25, 0.3) is 0 Å². The van der Waals surface area contributed by atoms with Gasteiger partial charge in [0.2, 0.25) is 11.8 Å². The molecular weight excluding hydrogens is 256 g/mol. The molecule has 0 N–H and O–H groups in total. The maximum atomic E-state index is 12.2. The molecule has 1 aromatic heterocycles. The van der Waals surface area contributed by atoms with Gasteiger partial charge in [-0.05, 0) is 18.0 Å². The fourth-order valence-corrected chi connectivity index (χ4v) is 2.25. The Hall–Kier alpha value is -1.59. The van der Waals surface area contributed by atoms with E-state index in [1.54, 1.807) is 0 Å². The summed E-state index contributed by atoms with van der Waals surface area (Å²) in [6.07, 6.45) is 1.92. The largest absolute Gasteiger partial charge is 0.341 e. The van der Waals surface area contributed by atoms with Crippen LogP contribution >= 0.6 is 0 Å². The number of amides is 1. The first kappa shape index (κ1) is 14.8. The van der Waals surface area contributed by atoms with Gasteiger partial charge in [0.25, 0.3) is 5.95 Å². The van der Waals surface area contributed by atoms with Crippen molar-refractivity contribution in [2.45, 2.75) is 46.0 Å². The van der Waals surface area contributed by atoms with Gasteiger partial charge in [0, 0.05) is 25.0 Å². The SMILES string of the molecule is CCCN1CCCN(c2noc(C(C)(C)C)n2)CC1=O. The number of carbonyl (C=O) groups excluding carboxylic acids is 1. The fraction of sp³-hybridized carbons (Fsp3) is 0.786.